The van der Waals surface area contributed by atoms with Crippen molar-refractivity contribution in [2.24, 2.45) is 0 Å². The maximum absolute atomic E-state index is 12.5. The maximum Gasteiger partial charge on any atom is 0.339 e. The number of carbonyl (C=O) groups excluding carboxylic acids is 2. The molecular weight excluding hydrogens is 420 g/mol. The van der Waals surface area contributed by atoms with Crippen molar-refractivity contribution in [3.63, 3.8) is 0 Å². The molecule has 33 heavy (non-hydrogen) atoms. The van der Waals surface area contributed by atoms with Crippen molar-refractivity contribution in [2.75, 3.05) is 13.2 Å². The Balaban J connectivity index is 2.53. The fourth-order valence-electron chi connectivity index (χ4n) is 3.73. The van der Waals surface area contributed by atoms with Crippen LogP contribution in [0, 0.1) is 0 Å². The van der Waals surface area contributed by atoms with Gasteiger partial charge in [0.05, 0.1) is 29.9 Å². The molecule has 1 aromatic carbocycles. The van der Waals surface area contributed by atoms with E-state index in [-0.39, 0.29) is 29.9 Å². The summed E-state index contributed by atoms with van der Waals surface area (Å²) >= 11 is 0. The minimum Gasteiger partial charge on any atom is -0.478 e. The quantitative estimate of drug-likeness (QED) is 0.173. The third-order valence-electron chi connectivity index (χ3n) is 5.68. The van der Waals surface area contributed by atoms with Crippen LogP contribution in [0.3, 0.4) is 0 Å². The topological polar surface area (TPSA) is 89.9 Å². The fraction of sp³-hybridized carbons (Fsp3) is 0.667. The molecule has 0 saturated carbocycles. The molecule has 0 bridgehead atoms. The zero-order valence-electron chi connectivity index (χ0n) is 20.5. The number of unbranched alkanes of at least 4 members (excludes halogenated alkanes) is 12. The van der Waals surface area contributed by atoms with Crippen LogP contribution in [0.2, 0.25) is 0 Å². The van der Waals surface area contributed by atoms with Gasteiger partial charge in [0.15, 0.2) is 0 Å². The van der Waals surface area contributed by atoms with Crippen LogP contribution in [-0.4, -0.2) is 36.2 Å². The van der Waals surface area contributed by atoms with Crippen molar-refractivity contribution in [1.82, 2.24) is 0 Å². The van der Waals surface area contributed by atoms with Gasteiger partial charge >= 0.3 is 17.9 Å². The van der Waals surface area contributed by atoms with Crippen LogP contribution in [0.25, 0.3) is 0 Å². The molecule has 1 N–H and O–H groups in total. The first-order chi connectivity index (χ1) is 16.0. The van der Waals surface area contributed by atoms with Gasteiger partial charge in [0.1, 0.15) is 0 Å². The third kappa shape index (κ3) is 11.9. The van der Waals surface area contributed by atoms with Crippen LogP contribution in [0.15, 0.2) is 18.2 Å². The lowest BCUT2D eigenvalue weighted by Gasteiger charge is -2.11. The summed E-state index contributed by atoms with van der Waals surface area (Å²) in [4.78, 5) is 36.8. The molecule has 0 aliphatic rings. The van der Waals surface area contributed by atoms with Crippen molar-refractivity contribution < 1.29 is 29.0 Å². The monoisotopic (exact) mass is 462 g/mol. The molecule has 0 amide bonds. The summed E-state index contributed by atoms with van der Waals surface area (Å²) in [6, 6.07) is 4.24. The number of rotatable bonds is 19. The molecule has 0 fully saturated rings. The normalized spacial score (nSPS) is 10.7. The molecule has 0 unspecified atom stereocenters. The van der Waals surface area contributed by atoms with Gasteiger partial charge in [0.2, 0.25) is 0 Å². The molecule has 0 aromatic heterocycles. The van der Waals surface area contributed by atoms with Crippen molar-refractivity contribution in [1.29, 1.82) is 0 Å². The number of benzene rings is 1. The molecule has 6 nitrogen and oxygen atoms in total. The van der Waals surface area contributed by atoms with Gasteiger partial charge in [-0.3, -0.25) is 0 Å². The lowest BCUT2D eigenvalue weighted by molar-refractivity contribution is 0.0476. The van der Waals surface area contributed by atoms with Gasteiger partial charge in [0.25, 0.3) is 0 Å². The molecular formula is C27H42O6. The Morgan fingerprint density at radius 3 is 1.36 bits per heavy atom. The van der Waals surface area contributed by atoms with E-state index in [2.05, 4.69) is 13.8 Å². The average molecular weight is 463 g/mol. The number of carboxylic acids is 1. The second kappa shape index (κ2) is 18.1. The molecule has 0 aliphatic heterocycles. The standard InChI is InChI=1S/C27H42O6/c1-3-5-7-9-11-13-15-20-32-26(30)22-18-17-19-23(24(22)25(28)29)27(31)33-21-16-14-12-10-8-6-4-2/h17-19H,3-16,20-21H2,1-2H3,(H,28,29). The Morgan fingerprint density at radius 1 is 0.636 bits per heavy atom. The highest BCUT2D eigenvalue weighted by atomic mass is 16.5. The fourth-order valence-corrected chi connectivity index (χ4v) is 3.73. The Morgan fingerprint density at radius 2 is 1.00 bits per heavy atom. The van der Waals surface area contributed by atoms with Crippen molar-refractivity contribution in [2.45, 2.75) is 104 Å². The molecule has 6 heteroatoms. The molecule has 0 saturated heterocycles. The summed E-state index contributed by atoms with van der Waals surface area (Å²) in [5.74, 6) is -2.79. The van der Waals surface area contributed by atoms with Gasteiger partial charge in [-0.1, -0.05) is 97.0 Å². The molecule has 0 spiro atoms. The minimum absolute atomic E-state index is 0.115. The number of ether oxygens (including phenoxy) is 2. The van der Waals surface area contributed by atoms with E-state index in [9.17, 15) is 19.5 Å². The molecule has 1 rings (SSSR count). The van der Waals surface area contributed by atoms with E-state index < -0.39 is 17.9 Å². The lowest BCUT2D eigenvalue weighted by atomic mass is 10.0. The average Bonchev–Trinajstić information content (AvgIpc) is 2.81. The van der Waals surface area contributed by atoms with Crippen LogP contribution in [0.5, 0.6) is 0 Å². The summed E-state index contributed by atoms with van der Waals surface area (Å²) in [6.07, 6.45) is 15.3. The van der Waals surface area contributed by atoms with E-state index in [4.69, 9.17) is 9.47 Å². The number of aromatic carboxylic acids is 1. The molecule has 0 heterocycles. The number of hydrogen-bond donors (Lipinski definition) is 1. The smallest absolute Gasteiger partial charge is 0.339 e. The summed E-state index contributed by atoms with van der Waals surface area (Å²) in [5.41, 5.74) is -0.585. The molecule has 1 aromatic rings. The van der Waals surface area contributed by atoms with Crippen molar-refractivity contribution in [3.8, 4) is 0 Å². The second-order valence-electron chi connectivity index (χ2n) is 8.55. The summed E-state index contributed by atoms with van der Waals surface area (Å²) in [6.45, 7) is 4.82. The van der Waals surface area contributed by atoms with Crippen LogP contribution in [0.1, 0.15) is 135 Å². The van der Waals surface area contributed by atoms with Crippen LogP contribution >= 0.6 is 0 Å². The molecule has 186 valence electrons. The van der Waals surface area contributed by atoms with Gasteiger partial charge in [-0.15, -0.1) is 0 Å². The van der Waals surface area contributed by atoms with Gasteiger partial charge in [-0.2, -0.15) is 0 Å². The van der Waals surface area contributed by atoms with Crippen LogP contribution < -0.4 is 0 Å². The Kier molecular flexibility index (Phi) is 15.7. The molecule has 0 radical (unpaired) electrons. The van der Waals surface area contributed by atoms with Crippen molar-refractivity contribution in [3.05, 3.63) is 34.9 Å². The van der Waals surface area contributed by atoms with E-state index in [0.29, 0.717) is 0 Å². The molecule has 0 atom stereocenters. The lowest BCUT2D eigenvalue weighted by Crippen LogP contribution is -2.18. The third-order valence-corrected chi connectivity index (χ3v) is 5.68. The van der Waals surface area contributed by atoms with Gasteiger partial charge in [-0.25, -0.2) is 14.4 Å². The van der Waals surface area contributed by atoms with Crippen LogP contribution in [0.4, 0.5) is 0 Å². The highest BCUT2D eigenvalue weighted by molar-refractivity contribution is 6.09. The largest absolute Gasteiger partial charge is 0.478 e. The highest BCUT2D eigenvalue weighted by Crippen LogP contribution is 2.19. The van der Waals surface area contributed by atoms with E-state index >= 15 is 0 Å². The van der Waals surface area contributed by atoms with Gasteiger partial charge in [-0.05, 0) is 25.0 Å². The Labute approximate surface area is 199 Å². The Hall–Kier alpha value is -2.37. The van der Waals surface area contributed by atoms with Crippen LogP contribution in [-0.2, 0) is 9.47 Å². The second-order valence-corrected chi connectivity index (χ2v) is 8.55. The SMILES string of the molecule is CCCCCCCCCOC(=O)c1cccc(C(=O)OCCCCCCCCC)c1C(=O)O. The highest BCUT2D eigenvalue weighted by Gasteiger charge is 2.25. The molecule has 0 aliphatic carbocycles. The number of carbonyl (C=O) groups is 3. The van der Waals surface area contributed by atoms with Gasteiger partial charge < -0.3 is 14.6 Å². The maximum atomic E-state index is 12.5. The summed E-state index contributed by atoms with van der Waals surface area (Å²) < 4.78 is 10.6. The first-order valence-corrected chi connectivity index (χ1v) is 12.7. The first kappa shape index (κ1) is 28.7. The zero-order valence-corrected chi connectivity index (χ0v) is 20.5. The zero-order chi connectivity index (χ0) is 24.3. The van der Waals surface area contributed by atoms with E-state index in [1.165, 1.54) is 69.6 Å². The van der Waals surface area contributed by atoms with Crippen molar-refractivity contribution >= 4 is 17.9 Å². The number of hydrogen-bond acceptors (Lipinski definition) is 5. The number of esters is 2. The van der Waals surface area contributed by atoms with E-state index in [0.717, 1.165) is 38.5 Å². The predicted molar refractivity (Wildman–Crippen MR) is 130 cm³/mol. The Bertz CT molecular complexity index is 662. The van der Waals surface area contributed by atoms with E-state index in [1.807, 2.05) is 0 Å². The predicted octanol–water partition coefficient (Wildman–Crippen LogP) is 7.20. The number of carboxylic acid groups (broad SMARTS) is 1. The van der Waals surface area contributed by atoms with Gasteiger partial charge in [0, 0.05) is 0 Å². The van der Waals surface area contributed by atoms with E-state index in [1.54, 1.807) is 0 Å². The summed E-state index contributed by atoms with van der Waals surface area (Å²) in [5, 5.41) is 9.65. The summed E-state index contributed by atoms with van der Waals surface area (Å²) in [7, 11) is 0. The minimum atomic E-state index is -1.35. The first-order valence-electron chi connectivity index (χ1n) is 12.7.